The summed E-state index contributed by atoms with van der Waals surface area (Å²) in [5, 5.41) is 8.51. The van der Waals surface area contributed by atoms with E-state index in [9.17, 15) is 9.59 Å². The number of carbonyl (C=O) groups is 2. The molecule has 39 heavy (non-hydrogen) atoms. The summed E-state index contributed by atoms with van der Waals surface area (Å²) in [6, 6.07) is 0. The zero-order valence-electron chi connectivity index (χ0n) is 26.3. The molecule has 0 saturated carbocycles. The second-order valence-electron chi connectivity index (χ2n) is 11.7. The number of allylic oxidation sites excluding steroid dienone is 4. The van der Waals surface area contributed by atoms with Gasteiger partial charge in [0.2, 0.25) is 0 Å². The smallest absolute Gasteiger partial charge is 0.303 e. The van der Waals surface area contributed by atoms with E-state index < -0.39 is 5.97 Å². The maximum atomic E-state index is 12.1. The van der Waals surface area contributed by atoms with Gasteiger partial charge in [-0.05, 0) is 69.8 Å². The number of rotatable bonds is 22. The summed E-state index contributed by atoms with van der Waals surface area (Å²) < 4.78 is 0. The maximum absolute atomic E-state index is 12.1. The van der Waals surface area contributed by atoms with Crippen molar-refractivity contribution in [2.45, 2.75) is 194 Å². The second-order valence-corrected chi connectivity index (χ2v) is 11.7. The summed E-state index contributed by atoms with van der Waals surface area (Å²) in [4.78, 5) is 22.5. The molecule has 0 aromatic heterocycles. The highest BCUT2D eigenvalue weighted by molar-refractivity contribution is 5.95. The van der Waals surface area contributed by atoms with Crippen LogP contribution in [0.4, 0.5) is 0 Å². The lowest BCUT2D eigenvalue weighted by Gasteiger charge is -2.09. The zero-order valence-corrected chi connectivity index (χ0v) is 26.3. The first-order chi connectivity index (χ1) is 19.1. The minimum absolute atomic E-state index is 0.332. The van der Waals surface area contributed by atoms with Crippen molar-refractivity contribution in [2.24, 2.45) is 0 Å². The van der Waals surface area contributed by atoms with Crippen molar-refractivity contribution < 1.29 is 14.7 Å². The number of hydrogen-bond acceptors (Lipinski definition) is 2. The standard InChI is InChI=1S/C18H34O2.C18H32O/c1-2-3-4-5-6-7-8-9-10-11-12-13-14-15-16-17-18(19)20;1-2-3-4-5-8-11-14-17-15-12-9-6-7-10-13-16-18(17)19/h9-10H,2-8,11-17H2,1H3,(H,19,20);15H,2-14,16H2,1H3. The Morgan fingerprint density at radius 2 is 1.15 bits per heavy atom. The van der Waals surface area contributed by atoms with E-state index in [1.54, 1.807) is 0 Å². The van der Waals surface area contributed by atoms with E-state index in [2.05, 4.69) is 32.1 Å². The van der Waals surface area contributed by atoms with Crippen LogP contribution in [-0.4, -0.2) is 16.9 Å². The van der Waals surface area contributed by atoms with Crippen molar-refractivity contribution in [3.05, 3.63) is 23.8 Å². The molecule has 1 aliphatic rings. The predicted molar refractivity (Wildman–Crippen MR) is 170 cm³/mol. The second kappa shape index (κ2) is 31.2. The quantitative estimate of drug-likeness (QED) is 0.108. The topological polar surface area (TPSA) is 54.4 Å². The number of Topliss-reactive ketones (excluding diaryl/α,β-unsaturated/α-hetero) is 1. The molecule has 0 fully saturated rings. The van der Waals surface area contributed by atoms with Crippen LogP contribution < -0.4 is 0 Å². The van der Waals surface area contributed by atoms with Gasteiger partial charge in [0, 0.05) is 12.8 Å². The highest BCUT2D eigenvalue weighted by Gasteiger charge is 2.10. The van der Waals surface area contributed by atoms with Gasteiger partial charge in [-0.2, -0.15) is 0 Å². The molecule has 0 atom stereocenters. The third-order valence-electron chi connectivity index (χ3n) is 7.81. The van der Waals surface area contributed by atoms with Crippen molar-refractivity contribution in [2.75, 3.05) is 0 Å². The first kappa shape index (κ1) is 37.6. The van der Waals surface area contributed by atoms with Gasteiger partial charge in [0.15, 0.2) is 5.78 Å². The van der Waals surface area contributed by atoms with Crippen LogP contribution in [0.25, 0.3) is 0 Å². The van der Waals surface area contributed by atoms with E-state index in [1.165, 1.54) is 135 Å². The Morgan fingerprint density at radius 1 is 0.667 bits per heavy atom. The van der Waals surface area contributed by atoms with Crippen molar-refractivity contribution in [3.8, 4) is 0 Å². The molecule has 0 aliphatic heterocycles. The molecule has 3 nitrogen and oxygen atoms in total. The lowest BCUT2D eigenvalue weighted by atomic mass is 9.95. The Kier molecular flexibility index (Phi) is 30.0. The number of aliphatic carboxylic acids is 1. The fraction of sp³-hybridized carbons (Fsp3) is 0.833. The average molecular weight is 547 g/mol. The minimum Gasteiger partial charge on any atom is -0.481 e. The van der Waals surface area contributed by atoms with E-state index in [0.29, 0.717) is 12.2 Å². The van der Waals surface area contributed by atoms with Gasteiger partial charge in [0.1, 0.15) is 0 Å². The van der Waals surface area contributed by atoms with Crippen LogP contribution in [0.15, 0.2) is 23.8 Å². The largest absolute Gasteiger partial charge is 0.481 e. The first-order valence-corrected chi connectivity index (χ1v) is 17.2. The normalized spacial score (nSPS) is 14.6. The molecular weight excluding hydrogens is 480 g/mol. The number of carboxylic acid groups (broad SMARTS) is 1. The molecule has 228 valence electrons. The van der Waals surface area contributed by atoms with E-state index in [0.717, 1.165) is 44.1 Å². The Hall–Kier alpha value is -1.38. The Labute approximate surface area is 243 Å². The molecule has 1 N–H and O–H groups in total. The Morgan fingerprint density at radius 3 is 1.74 bits per heavy atom. The molecule has 0 spiro atoms. The zero-order chi connectivity index (χ0) is 28.7. The third kappa shape index (κ3) is 29.4. The fourth-order valence-corrected chi connectivity index (χ4v) is 5.20. The first-order valence-electron chi connectivity index (χ1n) is 17.2. The SMILES string of the molecule is CCCCCCCCC1=CCCCCCCCC1=O.CCCCCCCCC=CCCCCCCCC(=O)O. The summed E-state index contributed by atoms with van der Waals surface area (Å²) >= 11 is 0. The van der Waals surface area contributed by atoms with Gasteiger partial charge in [0.25, 0.3) is 0 Å². The van der Waals surface area contributed by atoms with Gasteiger partial charge in [-0.15, -0.1) is 0 Å². The van der Waals surface area contributed by atoms with E-state index in [4.69, 9.17) is 5.11 Å². The van der Waals surface area contributed by atoms with Gasteiger partial charge in [0.05, 0.1) is 0 Å². The lowest BCUT2D eigenvalue weighted by Crippen LogP contribution is -2.04. The van der Waals surface area contributed by atoms with E-state index in [-0.39, 0.29) is 0 Å². The Balaban J connectivity index is 0.000000741. The molecule has 0 unspecified atom stereocenters. The summed E-state index contributed by atoms with van der Waals surface area (Å²) in [6.45, 7) is 4.51. The van der Waals surface area contributed by atoms with Gasteiger partial charge in [-0.3, -0.25) is 9.59 Å². The minimum atomic E-state index is -0.664. The van der Waals surface area contributed by atoms with Crippen LogP contribution in [-0.2, 0) is 9.59 Å². The molecule has 0 bridgehead atoms. The van der Waals surface area contributed by atoms with Gasteiger partial charge >= 0.3 is 5.97 Å². The molecule has 0 saturated heterocycles. The molecule has 0 radical (unpaired) electrons. The highest BCUT2D eigenvalue weighted by Crippen LogP contribution is 2.19. The average Bonchev–Trinajstić information content (AvgIpc) is 2.93. The number of hydrogen-bond donors (Lipinski definition) is 1. The van der Waals surface area contributed by atoms with Crippen molar-refractivity contribution in [3.63, 3.8) is 0 Å². The number of ketones is 1. The summed E-state index contributed by atoms with van der Waals surface area (Å²) in [6.07, 6.45) is 40.6. The van der Waals surface area contributed by atoms with Crippen LogP contribution in [0.2, 0.25) is 0 Å². The van der Waals surface area contributed by atoms with Crippen molar-refractivity contribution in [1.82, 2.24) is 0 Å². The van der Waals surface area contributed by atoms with E-state index >= 15 is 0 Å². The summed E-state index contributed by atoms with van der Waals surface area (Å²) in [5.41, 5.74) is 1.15. The molecule has 3 heteroatoms. The number of carbonyl (C=O) groups excluding carboxylic acids is 1. The monoisotopic (exact) mass is 547 g/mol. The third-order valence-corrected chi connectivity index (χ3v) is 7.81. The lowest BCUT2D eigenvalue weighted by molar-refractivity contribution is -0.137. The van der Waals surface area contributed by atoms with E-state index in [1.807, 2.05) is 0 Å². The van der Waals surface area contributed by atoms with Crippen molar-refractivity contribution >= 4 is 11.8 Å². The molecule has 0 amide bonds. The fourth-order valence-electron chi connectivity index (χ4n) is 5.20. The molecule has 0 heterocycles. The molecular formula is C36H66O3. The van der Waals surface area contributed by atoms with Gasteiger partial charge < -0.3 is 5.11 Å². The summed E-state index contributed by atoms with van der Waals surface area (Å²) in [5.74, 6) is -0.224. The molecule has 1 rings (SSSR count). The molecule has 1 aliphatic carbocycles. The predicted octanol–water partition coefficient (Wildman–Crippen LogP) is 12.1. The van der Waals surface area contributed by atoms with Gasteiger partial charge in [-0.1, -0.05) is 135 Å². The number of unbranched alkanes of at least 4 members (excludes halogenated alkanes) is 16. The van der Waals surface area contributed by atoms with Crippen LogP contribution in [0.1, 0.15) is 194 Å². The van der Waals surface area contributed by atoms with Crippen molar-refractivity contribution in [1.29, 1.82) is 0 Å². The van der Waals surface area contributed by atoms with Gasteiger partial charge in [-0.25, -0.2) is 0 Å². The van der Waals surface area contributed by atoms with Crippen LogP contribution in [0, 0.1) is 0 Å². The maximum Gasteiger partial charge on any atom is 0.303 e. The highest BCUT2D eigenvalue weighted by atomic mass is 16.4. The van der Waals surface area contributed by atoms with Crippen LogP contribution >= 0.6 is 0 Å². The van der Waals surface area contributed by atoms with Crippen LogP contribution in [0.5, 0.6) is 0 Å². The summed E-state index contributed by atoms with van der Waals surface area (Å²) in [7, 11) is 0. The Bertz CT molecular complexity index is 604. The molecule has 0 aromatic rings. The van der Waals surface area contributed by atoms with Crippen LogP contribution in [0.3, 0.4) is 0 Å². The molecule has 0 aromatic carbocycles. The number of carboxylic acids is 1.